The van der Waals surface area contributed by atoms with Crippen LogP contribution in [0.2, 0.25) is 0 Å². The Bertz CT molecular complexity index is 598. The molecule has 0 fully saturated rings. The minimum absolute atomic E-state index is 1.000. The van der Waals surface area contributed by atoms with E-state index in [1.807, 2.05) is 11.8 Å². The summed E-state index contributed by atoms with van der Waals surface area (Å²) in [6.45, 7) is 3.18. The summed E-state index contributed by atoms with van der Waals surface area (Å²) in [5, 5.41) is 4.79. The molecule has 0 saturated heterocycles. The van der Waals surface area contributed by atoms with Crippen LogP contribution in [0.3, 0.4) is 0 Å². The van der Waals surface area contributed by atoms with Gasteiger partial charge in [0, 0.05) is 41.5 Å². The van der Waals surface area contributed by atoms with E-state index in [1.54, 1.807) is 0 Å². The highest BCUT2D eigenvalue weighted by molar-refractivity contribution is 7.98. The van der Waals surface area contributed by atoms with Crippen molar-refractivity contribution in [1.82, 2.24) is 9.88 Å². The zero-order chi connectivity index (χ0) is 13.1. The lowest BCUT2D eigenvalue weighted by Crippen LogP contribution is -2.19. The summed E-state index contributed by atoms with van der Waals surface area (Å²) in [5.41, 5.74) is 4.29. The van der Waals surface area contributed by atoms with Gasteiger partial charge in [-0.15, -0.1) is 0 Å². The van der Waals surface area contributed by atoms with Crippen molar-refractivity contribution in [3.8, 4) is 0 Å². The highest BCUT2D eigenvalue weighted by atomic mass is 32.2. The molecule has 1 aliphatic heterocycles. The summed E-state index contributed by atoms with van der Waals surface area (Å²) < 4.78 is 2.41. The number of hydrogen-bond acceptors (Lipinski definition) is 2. The van der Waals surface area contributed by atoms with Crippen molar-refractivity contribution in [2.45, 2.75) is 13.0 Å². The molecular formula is C16H20N2S. The van der Waals surface area contributed by atoms with E-state index in [0.717, 1.165) is 26.1 Å². The fraction of sp³-hybridized carbons (Fsp3) is 0.375. The summed E-state index contributed by atoms with van der Waals surface area (Å²) >= 11 is 1.90. The normalized spacial score (nSPS) is 15.7. The van der Waals surface area contributed by atoms with Gasteiger partial charge in [0.1, 0.15) is 0 Å². The van der Waals surface area contributed by atoms with Crippen LogP contribution in [0.25, 0.3) is 16.5 Å². The Labute approximate surface area is 118 Å². The van der Waals surface area contributed by atoms with Crippen molar-refractivity contribution in [2.75, 3.05) is 25.1 Å². The lowest BCUT2D eigenvalue weighted by molar-refractivity contribution is 0.738. The number of aryl methyl sites for hydroxylation is 1. The van der Waals surface area contributed by atoms with Crippen LogP contribution in [0.15, 0.2) is 36.5 Å². The van der Waals surface area contributed by atoms with Gasteiger partial charge in [0.15, 0.2) is 0 Å². The summed E-state index contributed by atoms with van der Waals surface area (Å²) in [5.74, 6) is 1.17. The maximum atomic E-state index is 3.39. The van der Waals surface area contributed by atoms with E-state index in [1.165, 1.54) is 27.8 Å². The van der Waals surface area contributed by atoms with E-state index in [4.69, 9.17) is 0 Å². The molecule has 2 aromatic rings. The van der Waals surface area contributed by atoms with Crippen molar-refractivity contribution in [3.63, 3.8) is 0 Å². The molecule has 0 spiro atoms. The van der Waals surface area contributed by atoms with Gasteiger partial charge in [-0.1, -0.05) is 24.3 Å². The molecule has 1 aromatic heterocycles. The minimum atomic E-state index is 1.000. The van der Waals surface area contributed by atoms with E-state index in [0.29, 0.717) is 0 Å². The van der Waals surface area contributed by atoms with Crippen molar-refractivity contribution >= 4 is 28.2 Å². The number of nitrogens with zero attached hydrogens (tertiary/aromatic N) is 1. The predicted octanol–water partition coefficient (Wildman–Crippen LogP) is 3.38. The van der Waals surface area contributed by atoms with E-state index in [9.17, 15) is 0 Å². The van der Waals surface area contributed by atoms with Crippen molar-refractivity contribution in [3.05, 3.63) is 42.1 Å². The number of hydrogen-bond donors (Lipinski definition) is 1. The third-order valence-electron chi connectivity index (χ3n) is 3.73. The summed E-state index contributed by atoms with van der Waals surface area (Å²) in [6.07, 6.45) is 7.99. The number of benzene rings is 1. The standard InChI is InChI=1S/C16H20N2S/c1-19-11-10-18-12-15(13-6-8-17-9-7-13)14-4-2-3-5-16(14)18/h2-6,12,17H,7-11H2,1H3. The molecule has 2 heterocycles. The molecule has 0 bridgehead atoms. The molecule has 0 radical (unpaired) electrons. The second kappa shape index (κ2) is 5.85. The number of nitrogens with one attached hydrogen (secondary N) is 1. The van der Waals surface area contributed by atoms with Gasteiger partial charge in [-0.3, -0.25) is 0 Å². The fourth-order valence-corrected chi connectivity index (χ4v) is 3.12. The second-order valence-electron chi connectivity index (χ2n) is 4.93. The van der Waals surface area contributed by atoms with E-state index in [-0.39, 0.29) is 0 Å². The van der Waals surface area contributed by atoms with Gasteiger partial charge in [-0.05, 0) is 30.9 Å². The molecule has 19 heavy (non-hydrogen) atoms. The van der Waals surface area contributed by atoms with E-state index >= 15 is 0 Å². The van der Waals surface area contributed by atoms with Gasteiger partial charge >= 0.3 is 0 Å². The first-order chi connectivity index (χ1) is 9.40. The Balaban J connectivity index is 2.06. The molecular weight excluding hydrogens is 252 g/mol. The molecule has 0 saturated carbocycles. The molecule has 0 unspecified atom stereocenters. The number of fused-ring (bicyclic) bond motifs is 1. The molecule has 1 aromatic carbocycles. The summed E-state index contributed by atoms with van der Waals surface area (Å²) in [7, 11) is 0. The monoisotopic (exact) mass is 272 g/mol. The largest absolute Gasteiger partial charge is 0.346 e. The molecule has 1 N–H and O–H groups in total. The Kier molecular flexibility index (Phi) is 3.95. The Morgan fingerprint density at radius 3 is 3.00 bits per heavy atom. The van der Waals surface area contributed by atoms with Gasteiger partial charge < -0.3 is 9.88 Å². The topological polar surface area (TPSA) is 17.0 Å². The van der Waals surface area contributed by atoms with E-state index < -0.39 is 0 Å². The average Bonchev–Trinajstić information content (AvgIpc) is 2.85. The predicted molar refractivity (Wildman–Crippen MR) is 85.8 cm³/mol. The number of thioether (sulfide) groups is 1. The molecule has 2 nitrogen and oxygen atoms in total. The SMILES string of the molecule is CSCCn1cc(C2=CCNCC2)c2ccccc21. The third kappa shape index (κ3) is 2.58. The minimum Gasteiger partial charge on any atom is -0.346 e. The maximum absolute atomic E-state index is 3.39. The van der Waals surface area contributed by atoms with Crippen molar-refractivity contribution < 1.29 is 0 Å². The first-order valence-electron chi connectivity index (χ1n) is 6.87. The quantitative estimate of drug-likeness (QED) is 0.919. The zero-order valence-electron chi connectivity index (χ0n) is 11.4. The van der Waals surface area contributed by atoms with Crippen molar-refractivity contribution in [2.24, 2.45) is 0 Å². The molecule has 100 valence electrons. The van der Waals surface area contributed by atoms with Crippen LogP contribution in [0.4, 0.5) is 0 Å². The molecule has 3 heteroatoms. The smallest absolute Gasteiger partial charge is 0.0486 e. The van der Waals surface area contributed by atoms with Crippen LogP contribution in [-0.2, 0) is 6.54 Å². The van der Waals surface area contributed by atoms with Crippen molar-refractivity contribution in [1.29, 1.82) is 0 Å². The molecule has 3 rings (SSSR count). The Hall–Kier alpha value is -1.19. The molecule has 0 amide bonds. The van der Waals surface area contributed by atoms with Gasteiger partial charge in [0.25, 0.3) is 0 Å². The van der Waals surface area contributed by atoms with Gasteiger partial charge in [-0.2, -0.15) is 11.8 Å². The zero-order valence-corrected chi connectivity index (χ0v) is 12.2. The number of rotatable bonds is 4. The maximum Gasteiger partial charge on any atom is 0.0486 e. The van der Waals surface area contributed by atoms with Gasteiger partial charge in [-0.25, -0.2) is 0 Å². The molecule has 0 aliphatic carbocycles. The third-order valence-corrected chi connectivity index (χ3v) is 4.33. The van der Waals surface area contributed by atoms with Crippen LogP contribution in [0, 0.1) is 0 Å². The van der Waals surface area contributed by atoms with Gasteiger partial charge in [0.05, 0.1) is 0 Å². The lowest BCUT2D eigenvalue weighted by atomic mass is 10.00. The first-order valence-corrected chi connectivity index (χ1v) is 8.26. The lowest BCUT2D eigenvalue weighted by Gasteiger charge is -2.13. The summed E-state index contributed by atoms with van der Waals surface area (Å²) in [6, 6.07) is 8.77. The summed E-state index contributed by atoms with van der Waals surface area (Å²) in [4.78, 5) is 0. The fourth-order valence-electron chi connectivity index (χ4n) is 2.74. The van der Waals surface area contributed by atoms with E-state index in [2.05, 4.69) is 52.7 Å². The highest BCUT2D eigenvalue weighted by Gasteiger charge is 2.13. The second-order valence-corrected chi connectivity index (χ2v) is 5.92. The van der Waals surface area contributed by atoms with Crippen LogP contribution in [0.1, 0.15) is 12.0 Å². The Morgan fingerprint density at radius 2 is 2.21 bits per heavy atom. The highest BCUT2D eigenvalue weighted by Crippen LogP contribution is 2.29. The van der Waals surface area contributed by atoms with Crippen LogP contribution < -0.4 is 5.32 Å². The molecule has 1 aliphatic rings. The van der Waals surface area contributed by atoms with Gasteiger partial charge in [0.2, 0.25) is 0 Å². The average molecular weight is 272 g/mol. The number of aromatic nitrogens is 1. The van der Waals surface area contributed by atoms with Crippen LogP contribution in [0.5, 0.6) is 0 Å². The van der Waals surface area contributed by atoms with Crippen LogP contribution in [-0.4, -0.2) is 29.7 Å². The van der Waals surface area contributed by atoms with Crippen LogP contribution >= 0.6 is 11.8 Å². The Morgan fingerprint density at radius 1 is 1.32 bits per heavy atom. The number of para-hydroxylation sites is 1. The first kappa shape index (κ1) is 12.8. The molecule has 0 atom stereocenters.